The Hall–Kier alpha value is -2.41. The molecule has 0 aliphatic heterocycles. The van der Waals surface area contributed by atoms with E-state index in [2.05, 4.69) is 32.9 Å². The second-order valence-corrected chi connectivity index (χ2v) is 7.66. The summed E-state index contributed by atoms with van der Waals surface area (Å²) in [4.78, 5) is 21.7. The Labute approximate surface area is 159 Å². The monoisotopic (exact) mass is 373 g/mol. The zero-order chi connectivity index (χ0) is 19.1. The number of aromatic nitrogens is 1. The largest absolute Gasteiger partial charge is 0.352 e. The average molecular weight is 374 g/mol. The third kappa shape index (κ3) is 5.84. The molecule has 0 saturated heterocycles. The third-order valence-electron chi connectivity index (χ3n) is 3.91. The number of carbonyl (C=O) groups excluding carboxylic acids is 1. The number of aryl methyl sites for hydroxylation is 2. The fourth-order valence-electron chi connectivity index (χ4n) is 2.17. The Morgan fingerprint density at radius 1 is 1.15 bits per heavy atom. The van der Waals surface area contributed by atoms with Crippen molar-refractivity contribution in [3.8, 4) is 0 Å². The molecule has 1 aromatic heterocycles. The predicted octanol–water partition coefficient (Wildman–Crippen LogP) is 3.22. The van der Waals surface area contributed by atoms with Crippen molar-refractivity contribution < 1.29 is 4.79 Å². The summed E-state index contributed by atoms with van der Waals surface area (Å²) >= 11 is 1.70. The highest BCUT2D eigenvalue weighted by Crippen LogP contribution is 2.16. The quantitative estimate of drug-likeness (QED) is 0.537. The topological polar surface area (TPSA) is 78.4 Å². The van der Waals surface area contributed by atoms with Crippen molar-refractivity contribution in [1.82, 2.24) is 15.6 Å². The van der Waals surface area contributed by atoms with Gasteiger partial charge in [-0.3, -0.25) is 9.79 Å². The van der Waals surface area contributed by atoms with Crippen LogP contribution in [0.25, 0.3) is 0 Å². The van der Waals surface area contributed by atoms with E-state index in [1.165, 1.54) is 4.88 Å². The molecule has 26 heavy (non-hydrogen) atoms. The lowest BCUT2D eigenvalue weighted by Crippen LogP contribution is -2.36. The van der Waals surface area contributed by atoms with Gasteiger partial charge in [-0.05, 0) is 31.5 Å². The molecule has 2 rings (SSSR count). The number of anilines is 1. The van der Waals surface area contributed by atoms with Gasteiger partial charge in [0.1, 0.15) is 5.01 Å². The molecule has 1 aromatic carbocycles. The van der Waals surface area contributed by atoms with Crippen LogP contribution in [0.4, 0.5) is 5.69 Å². The molecule has 0 fully saturated rings. The van der Waals surface area contributed by atoms with E-state index in [9.17, 15) is 4.79 Å². The Morgan fingerprint density at radius 2 is 1.81 bits per heavy atom. The first-order valence-electron chi connectivity index (χ1n) is 8.66. The van der Waals surface area contributed by atoms with Crippen molar-refractivity contribution in [2.24, 2.45) is 10.9 Å². The number of rotatable bonds is 6. The molecule has 7 heteroatoms. The summed E-state index contributed by atoms with van der Waals surface area (Å²) in [7, 11) is 1.75. The van der Waals surface area contributed by atoms with Crippen LogP contribution in [0.2, 0.25) is 0 Å². The van der Waals surface area contributed by atoms with Gasteiger partial charge in [0.15, 0.2) is 5.96 Å². The van der Waals surface area contributed by atoms with Crippen LogP contribution in [0.3, 0.4) is 0 Å². The van der Waals surface area contributed by atoms with Crippen LogP contribution in [0.1, 0.15) is 35.0 Å². The second-order valence-electron chi connectivity index (χ2n) is 6.37. The fourth-order valence-corrected chi connectivity index (χ4v) is 3.05. The number of benzene rings is 1. The molecule has 3 N–H and O–H groups in total. The number of nitrogens with zero attached hydrogens (tertiary/aromatic N) is 2. The summed E-state index contributed by atoms with van der Waals surface area (Å²) in [6.45, 7) is 9.15. The Balaban J connectivity index is 1.83. The highest BCUT2D eigenvalue weighted by molar-refractivity contribution is 7.11. The molecule has 0 aliphatic rings. The van der Waals surface area contributed by atoms with Crippen molar-refractivity contribution in [1.29, 1.82) is 0 Å². The van der Waals surface area contributed by atoms with E-state index in [0.717, 1.165) is 27.9 Å². The minimum Gasteiger partial charge on any atom is -0.352 e. The van der Waals surface area contributed by atoms with Crippen LogP contribution >= 0.6 is 11.3 Å². The zero-order valence-electron chi connectivity index (χ0n) is 16.0. The van der Waals surface area contributed by atoms with Gasteiger partial charge in [-0.2, -0.15) is 0 Å². The number of carbonyl (C=O) groups is 1. The normalized spacial score (nSPS) is 11.5. The molecular weight excluding hydrogens is 346 g/mol. The molecule has 140 valence electrons. The third-order valence-corrected chi connectivity index (χ3v) is 4.98. The predicted molar refractivity (Wildman–Crippen MR) is 109 cm³/mol. The van der Waals surface area contributed by atoms with Crippen molar-refractivity contribution in [3.05, 3.63) is 45.4 Å². The van der Waals surface area contributed by atoms with Crippen molar-refractivity contribution in [2.45, 2.75) is 40.8 Å². The standard InChI is InChI=1S/C19H27N5OS/c1-12(2)18(25)24-16-8-6-15(7-9-16)10-21-19(20-5)22-11-17-23-13(3)14(4)26-17/h6-9,12H,10-11H2,1-5H3,(H,24,25)(H2,20,21,22). The second kappa shape index (κ2) is 9.33. The van der Waals surface area contributed by atoms with E-state index < -0.39 is 0 Å². The number of amides is 1. The number of nitrogens with one attached hydrogen (secondary N) is 3. The summed E-state index contributed by atoms with van der Waals surface area (Å²) < 4.78 is 0. The van der Waals surface area contributed by atoms with Crippen LogP contribution in [0, 0.1) is 19.8 Å². The number of hydrogen-bond acceptors (Lipinski definition) is 4. The number of hydrogen-bond donors (Lipinski definition) is 3. The number of guanidine groups is 1. The van der Waals surface area contributed by atoms with Gasteiger partial charge in [0.2, 0.25) is 5.91 Å². The molecule has 1 heterocycles. The first-order chi connectivity index (χ1) is 12.4. The van der Waals surface area contributed by atoms with Gasteiger partial charge in [-0.1, -0.05) is 26.0 Å². The molecule has 0 atom stereocenters. The van der Waals surface area contributed by atoms with Crippen molar-refractivity contribution in [2.75, 3.05) is 12.4 Å². The van der Waals surface area contributed by atoms with Crippen molar-refractivity contribution >= 4 is 28.9 Å². The van der Waals surface area contributed by atoms with E-state index in [1.54, 1.807) is 18.4 Å². The van der Waals surface area contributed by atoms with E-state index in [4.69, 9.17) is 0 Å². The van der Waals surface area contributed by atoms with Gasteiger partial charge in [-0.15, -0.1) is 11.3 Å². The van der Waals surface area contributed by atoms with E-state index in [0.29, 0.717) is 13.1 Å². The Morgan fingerprint density at radius 3 is 2.35 bits per heavy atom. The van der Waals surface area contributed by atoms with Gasteiger partial charge in [-0.25, -0.2) is 4.98 Å². The maximum absolute atomic E-state index is 11.7. The highest BCUT2D eigenvalue weighted by atomic mass is 32.1. The SMILES string of the molecule is CN=C(NCc1ccc(NC(=O)C(C)C)cc1)NCc1nc(C)c(C)s1. The van der Waals surface area contributed by atoms with Crippen LogP contribution in [0.5, 0.6) is 0 Å². The Bertz CT molecular complexity index is 745. The fraction of sp³-hybridized carbons (Fsp3) is 0.421. The molecule has 6 nitrogen and oxygen atoms in total. The minimum atomic E-state index is -0.0313. The summed E-state index contributed by atoms with van der Waals surface area (Å²) in [6.07, 6.45) is 0. The van der Waals surface area contributed by atoms with Gasteiger partial charge < -0.3 is 16.0 Å². The minimum absolute atomic E-state index is 0.0214. The maximum Gasteiger partial charge on any atom is 0.226 e. The van der Waals surface area contributed by atoms with Crippen LogP contribution < -0.4 is 16.0 Å². The number of thiazole rings is 1. The summed E-state index contributed by atoms with van der Waals surface area (Å²) in [6, 6.07) is 7.80. The van der Waals surface area contributed by atoms with Crippen LogP contribution in [-0.4, -0.2) is 23.9 Å². The molecule has 0 aliphatic carbocycles. The first kappa shape index (κ1) is 19.9. The lowest BCUT2D eigenvalue weighted by molar-refractivity contribution is -0.118. The molecule has 0 bridgehead atoms. The molecule has 0 spiro atoms. The molecular formula is C19H27N5OS. The smallest absolute Gasteiger partial charge is 0.226 e. The summed E-state index contributed by atoms with van der Waals surface area (Å²) in [5.41, 5.74) is 3.00. The van der Waals surface area contributed by atoms with Gasteiger partial charge >= 0.3 is 0 Å². The van der Waals surface area contributed by atoms with E-state index in [1.807, 2.05) is 45.0 Å². The van der Waals surface area contributed by atoms with Crippen molar-refractivity contribution in [3.63, 3.8) is 0 Å². The van der Waals surface area contributed by atoms with Crippen LogP contribution in [-0.2, 0) is 17.9 Å². The average Bonchev–Trinajstić information content (AvgIpc) is 2.94. The molecule has 0 unspecified atom stereocenters. The van der Waals surface area contributed by atoms with E-state index >= 15 is 0 Å². The van der Waals surface area contributed by atoms with E-state index in [-0.39, 0.29) is 11.8 Å². The molecule has 0 radical (unpaired) electrons. The summed E-state index contributed by atoms with van der Waals surface area (Å²) in [5, 5.41) is 10.5. The lowest BCUT2D eigenvalue weighted by atomic mass is 10.1. The maximum atomic E-state index is 11.7. The van der Waals surface area contributed by atoms with Gasteiger partial charge in [0.05, 0.1) is 12.2 Å². The van der Waals surface area contributed by atoms with Gasteiger partial charge in [0, 0.05) is 30.1 Å². The number of aliphatic imine (C=N–C) groups is 1. The first-order valence-corrected chi connectivity index (χ1v) is 9.48. The van der Waals surface area contributed by atoms with Crippen LogP contribution in [0.15, 0.2) is 29.3 Å². The lowest BCUT2D eigenvalue weighted by Gasteiger charge is -2.12. The Kier molecular flexibility index (Phi) is 7.15. The molecule has 2 aromatic rings. The molecule has 0 saturated carbocycles. The summed E-state index contributed by atoms with van der Waals surface area (Å²) in [5.74, 6) is 0.719. The zero-order valence-corrected chi connectivity index (χ0v) is 16.8. The van der Waals surface area contributed by atoms with Gasteiger partial charge in [0.25, 0.3) is 0 Å². The highest BCUT2D eigenvalue weighted by Gasteiger charge is 2.07. The molecule has 1 amide bonds.